The van der Waals surface area contributed by atoms with E-state index in [1.807, 2.05) is 36.4 Å². The van der Waals surface area contributed by atoms with Crippen LogP contribution in [0, 0.1) is 17.1 Å². The average molecular weight is 324 g/mol. The third-order valence-corrected chi connectivity index (χ3v) is 3.15. The smallest absolute Gasteiger partial charge is 0.407 e. The zero-order valence-corrected chi connectivity index (χ0v) is 13.0. The maximum atomic E-state index is 13.3. The molecule has 0 fully saturated rings. The Morgan fingerprint density at radius 2 is 2.04 bits per heavy atom. The van der Waals surface area contributed by atoms with Crippen molar-refractivity contribution < 1.29 is 13.9 Å². The van der Waals surface area contributed by atoms with E-state index in [-0.39, 0.29) is 12.2 Å². The van der Waals surface area contributed by atoms with E-state index in [0.29, 0.717) is 18.5 Å². The fourth-order valence-electron chi connectivity index (χ4n) is 2.02. The maximum Gasteiger partial charge on any atom is 0.407 e. The molecule has 2 aromatic carbocycles. The van der Waals surface area contributed by atoms with Crippen LogP contribution in [0.4, 0.5) is 9.18 Å². The Balaban J connectivity index is 1.70. The molecule has 0 unspecified atom stereocenters. The van der Waals surface area contributed by atoms with Gasteiger partial charge in [-0.2, -0.15) is 5.26 Å². The summed E-state index contributed by atoms with van der Waals surface area (Å²) in [5, 5.41) is 11.4. The molecule has 0 aromatic heterocycles. The number of benzene rings is 2. The Labute approximate surface area is 140 Å². The molecule has 0 aliphatic carbocycles. The SMILES string of the molecule is N#Cc1cc(F)cc(C=CCCNC(=O)OCc2ccccc2)c1. The summed E-state index contributed by atoms with van der Waals surface area (Å²) in [5.41, 5.74) is 1.81. The Kier molecular flexibility index (Phi) is 6.54. The first-order valence-corrected chi connectivity index (χ1v) is 7.49. The summed E-state index contributed by atoms with van der Waals surface area (Å²) < 4.78 is 18.3. The molecule has 1 amide bonds. The average Bonchev–Trinajstić information content (AvgIpc) is 2.60. The number of hydrogen-bond acceptors (Lipinski definition) is 3. The summed E-state index contributed by atoms with van der Waals surface area (Å²) in [6, 6.07) is 15.4. The number of carbonyl (C=O) groups excluding carboxylic acids is 1. The largest absolute Gasteiger partial charge is 0.445 e. The number of alkyl carbamates (subject to hydrolysis) is 1. The zero-order chi connectivity index (χ0) is 17.2. The monoisotopic (exact) mass is 324 g/mol. The highest BCUT2D eigenvalue weighted by Crippen LogP contribution is 2.10. The van der Waals surface area contributed by atoms with Crippen molar-refractivity contribution >= 4 is 12.2 Å². The van der Waals surface area contributed by atoms with Crippen LogP contribution in [-0.2, 0) is 11.3 Å². The summed E-state index contributed by atoms with van der Waals surface area (Å²) in [6.07, 6.45) is 3.59. The molecule has 0 heterocycles. The van der Waals surface area contributed by atoms with Gasteiger partial charge in [-0.3, -0.25) is 0 Å². The van der Waals surface area contributed by atoms with Gasteiger partial charge < -0.3 is 10.1 Å². The fraction of sp³-hybridized carbons (Fsp3) is 0.158. The van der Waals surface area contributed by atoms with Crippen molar-refractivity contribution in [3.05, 3.63) is 77.1 Å². The van der Waals surface area contributed by atoms with Gasteiger partial charge in [0.05, 0.1) is 11.6 Å². The topological polar surface area (TPSA) is 62.1 Å². The predicted molar refractivity (Wildman–Crippen MR) is 89.4 cm³/mol. The molecular formula is C19H17FN2O2. The molecule has 2 rings (SSSR count). The summed E-state index contributed by atoms with van der Waals surface area (Å²) >= 11 is 0. The number of nitrogens with one attached hydrogen (secondary N) is 1. The number of ether oxygens (including phenoxy) is 1. The minimum atomic E-state index is -0.482. The molecule has 0 aliphatic rings. The molecular weight excluding hydrogens is 307 g/mol. The third kappa shape index (κ3) is 5.93. The highest BCUT2D eigenvalue weighted by Gasteiger charge is 2.01. The number of hydrogen-bond donors (Lipinski definition) is 1. The normalized spacial score (nSPS) is 10.3. The van der Waals surface area contributed by atoms with Crippen LogP contribution in [0.5, 0.6) is 0 Å². The van der Waals surface area contributed by atoms with E-state index in [1.54, 1.807) is 18.2 Å². The number of carbonyl (C=O) groups is 1. The summed E-state index contributed by atoms with van der Waals surface area (Å²) in [5.74, 6) is -0.448. The third-order valence-electron chi connectivity index (χ3n) is 3.15. The van der Waals surface area contributed by atoms with Crippen LogP contribution in [0.25, 0.3) is 6.08 Å². The maximum absolute atomic E-state index is 13.3. The first kappa shape index (κ1) is 17.2. The van der Waals surface area contributed by atoms with E-state index < -0.39 is 11.9 Å². The minimum absolute atomic E-state index is 0.225. The van der Waals surface area contributed by atoms with E-state index in [4.69, 9.17) is 10.00 Å². The van der Waals surface area contributed by atoms with E-state index >= 15 is 0 Å². The van der Waals surface area contributed by atoms with Crippen LogP contribution in [0.15, 0.2) is 54.6 Å². The van der Waals surface area contributed by atoms with Gasteiger partial charge in [0, 0.05) is 6.54 Å². The van der Waals surface area contributed by atoms with Crippen molar-refractivity contribution in [3.63, 3.8) is 0 Å². The van der Waals surface area contributed by atoms with Gasteiger partial charge in [0.2, 0.25) is 0 Å². The molecule has 0 saturated carbocycles. The lowest BCUT2D eigenvalue weighted by Gasteiger charge is -2.05. The van der Waals surface area contributed by atoms with Crippen molar-refractivity contribution in [1.82, 2.24) is 5.32 Å². The van der Waals surface area contributed by atoms with Crippen LogP contribution in [0.2, 0.25) is 0 Å². The molecule has 0 atom stereocenters. The van der Waals surface area contributed by atoms with E-state index in [1.165, 1.54) is 12.1 Å². The van der Waals surface area contributed by atoms with Gasteiger partial charge in [-0.15, -0.1) is 0 Å². The van der Waals surface area contributed by atoms with E-state index in [2.05, 4.69) is 5.32 Å². The van der Waals surface area contributed by atoms with E-state index in [9.17, 15) is 9.18 Å². The lowest BCUT2D eigenvalue weighted by Crippen LogP contribution is -2.24. The molecule has 24 heavy (non-hydrogen) atoms. The number of halogens is 1. The summed E-state index contributed by atoms with van der Waals surface area (Å²) in [7, 11) is 0. The molecule has 0 radical (unpaired) electrons. The number of nitriles is 1. The Bertz CT molecular complexity index is 752. The summed E-state index contributed by atoms with van der Waals surface area (Å²) in [6.45, 7) is 0.632. The van der Waals surface area contributed by atoms with Crippen LogP contribution in [0.3, 0.4) is 0 Å². The summed E-state index contributed by atoms with van der Waals surface area (Å²) in [4.78, 5) is 11.5. The van der Waals surface area contributed by atoms with Gasteiger partial charge in [0.15, 0.2) is 0 Å². The standard InChI is InChI=1S/C19H17FN2O2/c20-18-11-16(10-17(12-18)13-21)8-4-5-9-22-19(23)24-14-15-6-2-1-3-7-15/h1-4,6-8,10-12H,5,9,14H2,(H,22,23). The van der Waals surface area contributed by atoms with Crippen molar-refractivity contribution in [2.45, 2.75) is 13.0 Å². The number of rotatable bonds is 6. The molecule has 2 aromatic rings. The van der Waals surface area contributed by atoms with E-state index in [0.717, 1.165) is 5.56 Å². The van der Waals surface area contributed by atoms with Crippen molar-refractivity contribution in [3.8, 4) is 6.07 Å². The van der Waals surface area contributed by atoms with Gasteiger partial charge in [0.1, 0.15) is 12.4 Å². The fourth-order valence-corrected chi connectivity index (χ4v) is 2.02. The Morgan fingerprint density at radius 3 is 2.79 bits per heavy atom. The van der Waals surface area contributed by atoms with Crippen molar-refractivity contribution in [2.24, 2.45) is 0 Å². The van der Waals surface area contributed by atoms with Crippen molar-refractivity contribution in [2.75, 3.05) is 6.54 Å². The molecule has 122 valence electrons. The molecule has 5 heteroatoms. The molecule has 0 aliphatic heterocycles. The van der Waals surface area contributed by atoms with Crippen LogP contribution in [0.1, 0.15) is 23.1 Å². The van der Waals surface area contributed by atoms with Gasteiger partial charge in [-0.25, -0.2) is 9.18 Å². The van der Waals surface area contributed by atoms with Crippen molar-refractivity contribution in [1.29, 1.82) is 5.26 Å². The highest BCUT2D eigenvalue weighted by molar-refractivity contribution is 5.67. The lowest BCUT2D eigenvalue weighted by atomic mass is 10.1. The van der Waals surface area contributed by atoms with Crippen LogP contribution < -0.4 is 5.32 Å². The first-order valence-electron chi connectivity index (χ1n) is 7.49. The molecule has 0 bridgehead atoms. The quantitative estimate of drug-likeness (QED) is 0.816. The Morgan fingerprint density at radius 1 is 1.25 bits per heavy atom. The lowest BCUT2D eigenvalue weighted by molar-refractivity contribution is 0.140. The molecule has 1 N–H and O–H groups in total. The molecule has 4 nitrogen and oxygen atoms in total. The first-order chi connectivity index (χ1) is 11.7. The predicted octanol–water partition coefficient (Wildman–Crippen LogP) is 4.03. The van der Waals surface area contributed by atoms with Gasteiger partial charge in [-0.1, -0.05) is 42.5 Å². The Hall–Kier alpha value is -3.13. The van der Waals surface area contributed by atoms with Gasteiger partial charge in [0.25, 0.3) is 0 Å². The molecule has 0 saturated heterocycles. The van der Waals surface area contributed by atoms with Crippen LogP contribution >= 0.6 is 0 Å². The highest BCUT2D eigenvalue weighted by atomic mass is 19.1. The van der Waals surface area contributed by atoms with Gasteiger partial charge >= 0.3 is 6.09 Å². The zero-order valence-electron chi connectivity index (χ0n) is 13.0. The second-order valence-corrected chi connectivity index (χ2v) is 5.06. The molecule has 0 spiro atoms. The minimum Gasteiger partial charge on any atom is -0.445 e. The second-order valence-electron chi connectivity index (χ2n) is 5.06. The van der Waals surface area contributed by atoms with Crippen LogP contribution in [-0.4, -0.2) is 12.6 Å². The second kappa shape index (κ2) is 9.11. The number of amides is 1. The number of nitrogens with zero attached hydrogens (tertiary/aromatic N) is 1. The van der Waals surface area contributed by atoms with Gasteiger partial charge in [-0.05, 0) is 35.7 Å².